The Labute approximate surface area is 149 Å². The first-order chi connectivity index (χ1) is 11.6. The van der Waals surface area contributed by atoms with Gasteiger partial charge in [-0.3, -0.25) is 0 Å². The van der Waals surface area contributed by atoms with E-state index < -0.39 is 0 Å². The summed E-state index contributed by atoms with van der Waals surface area (Å²) in [6.07, 6.45) is 8.02. The zero-order valence-corrected chi connectivity index (χ0v) is 15.1. The van der Waals surface area contributed by atoms with Crippen LogP contribution in [-0.4, -0.2) is 36.5 Å². The summed E-state index contributed by atoms with van der Waals surface area (Å²) in [6.45, 7) is 0.957. The van der Waals surface area contributed by atoms with Crippen molar-refractivity contribution in [3.63, 3.8) is 0 Å². The van der Waals surface area contributed by atoms with E-state index >= 15 is 0 Å². The first kappa shape index (κ1) is 16.9. The molecule has 124 valence electrons. The summed E-state index contributed by atoms with van der Waals surface area (Å²) in [4.78, 5) is 3.17. The summed E-state index contributed by atoms with van der Waals surface area (Å²) in [6, 6.07) is 14.5. The maximum absolute atomic E-state index is 6.47. The lowest BCUT2D eigenvalue weighted by molar-refractivity contribution is 0.216. The minimum atomic E-state index is -0.0179. The average molecular weight is 337 g/mol. The quantitative estimate of drug-likeness (QED) is 0.703. The molecular weight excluding hydrogens is 314 g/mol. The highest BCUT2D eigenvalue weighted by atomic mass is 32.1. The van der Waals surface area contributed by atoms with Gasteiger partial charge in [0, 0.05) is 35.2 Å². The molecule has 1 atom stereocenters. The fourth-order valence-electron chi connectivity index (χ4n) is 2.95. The summed E-state index contributed by atoms with van der Waals surface area (Å²) in [5.41, 5.74) is 1.14. The van der Waals surface area contributed by atoms with Crippen molar-refractivity contribution < 1.29 is 4.74 Å². The summed E-state index contributed by atoms with van der Waals surface area (Å²) >= 11 is 5.58. The monoisotopic (exact) mass is 337 g/mol. The zero-order valence-electron chi connectivity index (χ0n) is 14.2. The zero-order chi connectivity index (χ0) is 16.9. The van der Waals surface area contributed by atoms with E-state index in [1.807, 2.05) is 12.1 Å². The van der Waals surface area contributed by atoms with Crippen LogP contribution >= 0.6 is 12.2 Å². The number of allylic oxidation sites excluding steroid dienone is 3. The Morgan fingerprint density at radius 2 is 1.92 bits per heavy atom. The summed E-state index contributed by atoms with van der Waals surface area (Å²) in [5, 5.41) is 2.34. The van der Waals surface area contributed by atoms with E-state index in [9.17, 15) is 0 Å². The standard InChI is InChI=1S/C21H23NOS/c1-22(2)15-14-20(18-11-5-6-13-21(18)24)23-19-12-7-9-16-8-3-4-10-17(16)19/h3-12,20H,13-15H2,1-2H3. The van der Waals surface area contributed by atoms with E-state index in [0.717, 1.165) is 41.0 Å². The van der Waals surface area contributed by atoms with Crippen LogP contribution in [0.25, 0.3) is 10.8 Å². The highest BCUT2D eigenvalue weighted by molar-refractivity contribution is 7.80. The summed E-state index contributed by atoms with van der Waals surface area (Å²) in [7, 11) is 4.17. The first-order valence-corrected chi connectivity index (χ1v) is 8.75. The van der Waals surface area contributed by atoms with Crippen LogP contribution < -0.4 is 4.74 Å². The fourth-order valence-corrected chi connectivity index (χ4v) is 3.25. The van der Waals surface area contributed by atoms with Crippen molar-refractivity contribution in [1.82, 2.24) is 4.90 Å². The van der Waals surface area contributed by atoms with Crippen LogP contribution in [0, 0.1) is 0 Å². The van der Waals surface area contributed by atoms with Crippen molar-refractivity contribution in [1.29, 1.82) is 0 Å². The third-order valence-electron chi connectivity index (χ3n) is 4.24. The topological polar surface area (TPSA) is 12.5 Å². The molecule has 0 N–H and O–H groups in total. The van der Waals surface area contributed by atoms with Crippen molar-refractivity contribution in [2.75, 3.05) is 20.6 Å². The second kappa shape index (κ2) is 7.73. The van der Waals surface area contributed by atoms with Gasteiger partial charge in [-0.2, -0.15) is 0 Å². The largest absolute Gasteiger partial charge is 0.485 e. The molecule has 0 heterocycles. The van der Waals surface area contributed by atoms with Gasteiger partial charge in [-0.25, -0.2) is 0 Å². The Morgan fingerprint density at radius 1 is 1.12 bits per heavy atom. The van der Waals surface area contributed by atoms with Crippen molar-refractivity contribution >= 4 is 27.9 Å². The van der Waals surface area contributed by atoms with Gasteiger partial charge in [-0.15, -0.1) is 0 Å². The van der Waals surface area contributed by atoms with Crippen LogP contribution in [0.4, 0.5) is 0 Å². The predicted octanol–water partition coefficient (Wildman–Crippen LogP) is 4.80. The predicted molar refractivity (Wildman–Crippen MR) is 106 cm³/mol. The lowest BCUT2D eigenvalue weighted by Crippen LogP contribution is -2.29. The van der Waals surface area contributed by atoms with Gasteiger partial charge in [0.05, 0.1) is 0 Å². The molecule has 0 spiro atoms. The molecule has 0 fully saturated rings. The van der Waals surface area contributed by atoms with E-state index in [1.54, 1.807) is 0 Å². The number of ether oxygens (including phenoxy) is 1. The molecule has 1 aliphatic rings. The molecule has 0 saturated heterocycles. The normalized spacial score (nSPS) is 15.6. The van der Waals surface area contributed by atoms with E-state index in [4.69, 9.17) is 17.0 Å². The van der Waals surface area contributed by atoms with Crippen LogP contribution in [0.1, 0.15) is 12.8 Å². The molecule has 2 nitrogen and oxygen atoms in total. The highest BCUT2D eigenvalue weighted by Crippen LogP contribution is 2.29. The molecule has 1 aliphatic carbocycles. The third kappa shape index (κ3) is 3.92. The Kier molecular flexibility index (Phi) is 5.44. The number of nitrogens with zero attached hydrogens (tertiary/aromatic N) is 1. The van der Waals surface area contributed by atoms with Crippen molar-refractivity contribution in [2.45, 2.75) is 18.9 Å². The molecule has 24 heavy (non-hydrogen) atoms. The number of fused-ring (bicyclic) bond motifs is 1. The first-order valence-electron chi connectivity index (χ1n) is 8.34. The maximum atomic E-state index is 6.47. The Morgan fingerprint density at radius 3 is 2.71 bits per heavy atom. The number of hydrogen-bond donors (Lipinski definition) is 0. The van der Waals surface area contributed by atoms with E-state index in [2.05, 4.69) is 67.6 Å². The van der Waals surface area contributed by atoms with Crippen LogP contribution in [0.3, 0.4) is 0 Å². The summed E-state index contributed by atoms with van der Waals surface area (Å²) in [5.74, 6) is 0.926. The van der Waals surface area contributed by atoms with Gasteiger partial charge in [0.2, 0.25) is 0 Å². The van der Waals surface area contributed by atoms with Gasteiger partial charge in [0.15, 0.2) is 0 Å². The smallest absolute Gasteiger partial charge is 0.128 e. The van der Waals surface area contributed by atoms with Crippen LogP contribution in [0.15, 0.2) is 66.3 Å². The second-order valence-electron chi connectivity index (χ2n) is 6.35. The fraction of sp³-hybridized carbons (Fsp3) is 0.286. The van der Waals surface area contributed by atoms with Gasteiger partial charge in [0.1, 0.15) is 11.9 Å². The third-order valence-corrected chi connectivity index (χ3v) is 4.64. The second-order valence-corrected chi connectivity index (χ2v) is 6.85. The van der Waals surface area contributed by atoms with Gasteiger partial charge in [-0.05, 0) is 25.5 Å². The van der Waals surface area contributed by atoms with E-state index in [1.165, 1.54) is 5.39 Å². The molecule has 3 heteroatoms. The number of rotatable bonds is 6. The SMILES string of the molecule is CN(C)CCC(Oc1cccc2ccccc12)C1=CC=CCC1=S. The Balaban J connectivity index is 1.92. The lowest BCUT2D eigenvalue weighted by Gasteiger charge is -2.25. The molecule has 2 aromatic rings. The molecule has 2 aromatic carbocycles. The lowest BCUT2D eigenvalue weighted by atomic mass is 9.97. The Bertz CT molecular complexity index is 786. The molecule has 0 amide bonds. The van der Waals surface area contributed by atoms with Crippen molar-refractivity contribution in [2.24, 2.45) is 0 Å². The molecule has 0 aromatic heterocycles. The minimum Gasteiger partial charge on any atom is -0.485 e. The molecule has 3 rings (SSSR count). The van der Waals surface area contributed by atoms with Crippen LogP contribution in [-0.2, 0) is 0 Å². The van der Waals surface area contributed by atoms with Gasteiger partial charge < -0.3 is 9.64 Å². The average Bonchev–Trinajstić information content (AvgIpc) is 2.59. The van der Waals surface area contributed by atoms with Crippen LogP contribution in [0.5, 0.6) is 5.75 Å². The summed E-state index contributed by atoms with van der Waals surface area (Å²) < 4.78 is 6.47. The molecular formula is C21H23NOS. The van der Waals surface area contributed by atoms with E-state index in [0.29, 0.717) is 0 Å². The minimum absolute atomic E-state index is 0.0179. The molecule has 0 bridgehead atoms. The van der Waals surface area contributed by atoms with Gasteiger partial charge in [0.25, 0.3) is 0 Å². The van der Waals surface area contributed by atoms with Crippen LogP contribution in [0.2, 0.25) is 0 Å². The molecule has 0 saturated carbocycles. The number of benzene rings is 2. The van der Waals surface area contributed by atoms with Crippen molar-refractivity contribution in [3.8, 4) is 5.75 Å². The van der Waals surface area contributed by atoms with Crippen molar-refractivity contribution in [3.05, 3.63) is 66.3 Å². The maximum Gasteiger partial charge on any atom is 0.128 e. The Hall–Kier alpha value is -1.97. The molecule has 1 unspecified atom stereocenters. The van der Waals surface area contributed by atoms with E-state index in [-0.39, 0.29) is 6.10 Å². The number of thiocarbonyl (C=S) groups is 1. The van der Waals surface area contributed by atoms with Gasteiger partial charge >= 0.3 is 0 Å². The molecule has 0 radical (unpaired) electrons. The highest BCUT2D eigenvalue weighted by Gasteiger charge is 2.21. The molecule has 0 aliphatic heterocycles. The van der Waals surface area contributed by atoms with Gasteiger partial charge in [-0.1, -0.05) is 66.8 Å². The number of hydrogen-bond acceptors (Lipinski definition) is 3.